The van der Waals surface area contributed by atoms with Gasteiger partial charge in [0.15, 0.2) is 0 Å². The van der Waals surface area contributed by atoms with Crippen molar-refractivity contribution < 1.29 is 14.3 Å². The zero-order chi connectivity index (χ0) is 9.23. The lowest BCUT2D eigenvalue weighted by Gasteiger charge is -2.06. The average molecular weight is 337 g/mol. The Morgan fingerprint density at radius 2 is 0.864 bits per heavy atom. The second-order valence-electron chi connectivity index (χ2n) is 1.96. The molecule has 0 spiro atoms. The predicted octanol–water partition coefficient (Wildman–Crippen LogP) is 6.63. The molecule has 5 heteroatoms. The van der Waals surface area contributed by atoms with Crippen LogP contribution in [0.4, 0.5) is 4.79 Å². The fraction of sp³-hybridized carbons (Fsp3) is 0.941. The van der Waals surface area contributed by atoms with Gasteiger partial charge in [0.25, 0.3) is 0 Å². The number of urea groups is 1. The quantitative estimate of drug-likeness (QED) is 0.422. The highest BCUT2D eigenvalue weighted by molar-refractivity contribution is 5.73. The molecule has 2 N–H and O–H groups in total. The van der Waals surface area contributed by atoms with Crippen LogP contribution in [0.1, 0.15) is 88.1 Å². The van der Waals surface area contributed by atoms with Gasteiger partial charge >= 0.3 is 6.03 Å². The van der Waals surface area contributed by atoms with Crippen molar-refractivity contribution in [3.63, 3.8) is 0 Å². The Balaban J connectivity index is -0.0000000134. The monoisotopic (exact) mass is 336 g/mol. The predicted molar refractivity (Wildman–Crippen MR) is 112 cm³/mol. The first-order valence-electron chi connectivity index (χ1n) is 3.98. The number of hydrogen-bond donors (Lipinski definition) is 2. The molecule has 2 amide bonds. The molecule has 0 unspecified atom stereocenters. The number of ether oxygens (including phenoxy) is 2. The summed E-state index contributed by atoms with van der Waals surface area (Å²) in [5.41, 5.74) is 0. The minimum absolute atomic E-state index is 0. The molecule has 0 radical (unpaired) electrons. The zero-order valence-electron chi connectivity index (χ0n) is 7.55. The van der Waals surface area contributed by atoms with E-state index in [1.54, 1.807) is 0 Å². The van der Waals surface area contributed by atoms with Crippen molar-refractivity contribution in [3.05, 3.63) is 0 Å². The normalized spacial score (nSPS) is 5.18. The SMILES string of the molecule is C.C.C.C.C.C.C.C.C.C.CCOCNC(=O)NCOCC. The number of carbonyl (C=O) groups is 1. The van der Waals surface area contributed by atoms with E-state index in [-0.39, 0.29) is 93.8 Å². The molecule has 0 aliphatic heterocycles. The van der Waals surface area contributed by atoms with Crippen LogP contribution in [0, 0.1) is 0 Å². The molecular formula is C17H56N2O3. The van der Waals surface area contributed by atoms with Crippen LogP contribution < -0.4 is 10.6 Å². The first-order valence-corrected chi connectivity index (χ1v) is 3.98. The van der Waals surface area contributed by atoms with Gasteiger partial charge in [-0.3, -0.25) is 0 Å². The van der Waals surface area contributed by atoms with Gasteiger partial charge in [-0.2, -0.15) is 0 Å². The van der Waals surface area contributed by atoms with Crippen molar-refractivity contribution in [1.82, 2.24) is 10.6 Å². The Hall–Kier alpha value is -0.810. The first-order chi connectivity index (χ1) is 5.81. The highest BCUT2D eigenvalue weighted by Gasteiger charge is 1.95. The van der Waals surface area contributed by atoms with Crippen LogP contribution in [0.5, 0.6) is 0 Å². The number of nitrogens with one attached hydrogen (secondary N) is 2. The highest BCUT2D eigenvalue weighted by atomic mass is 16.5. The molecule has 0 aromatic rings. The Morgan fingerprint density at radius 3 is 1.05 bits per heavy atom. The zero-order valence-corrected chi connectivity index (χ0v) is 7.55. The standard InChI is InChI=1S/C7H16N2O3.10CH4/c1-3-11-5-8-7(10)9-6-12-4-2;;;;;;;;;;/h3-6H2,1-2H3,(H2,8,9,10);10*1H4. The third-order valence-electron chi connectivity index (χ3n) is 1.08. The number of carbonyl (C=O) groups excluding carboxylic acids is 1. The molecule has 152 valence electrons. The molecule has 0 aromatic carbocycles. The van der Waals surface area contributed by atoms with Crippen molar-refractivity contribution in [2.24, 2.45) is 0 Å². The van der Waals surface area contributed by atoms with E-state index in [9.17, 15) is 4.79 Å². The molecule has 0 bridgehead atoms. The van der Waals surface area contributed by atoms with Gasteiger partial charge in [0.05, 0.1) is 0 Å². The second-order valence-corrected chi connectivity index (χ2v) is 1.96. The van der Waals surface area contributed by atoms with E-state index >= 15 is 0 Å². The second kappa shape index (κ2) is 71.6. The van der Waals surface area contributed by atoms with E-state index in [4.69, 9.17) is 9.47 Å². The van der Waals surface area contributed by atoms with Gasteiger partial charge in [0, 0.05) is 13.2 Å². The van der Waals surface area contributed by atoms with E-state index in [1.165, 1.54) is 0 Å². The summed E-state index contributed by atoms with van der Waals surface area (Å²) in [5.74, 6) is 0. The van der Waals surface area contributed by atoms with E-state index in [1.807, 2.05) is 13.8 Å². The number of amides is 2. The molecule has 0 aromatic heterocycles. The molecular weight excluding hydrogens is 280 g/mol. The van der Waals surface area contributed by atoms with Crippen LogP contribution in [0.2, 0.25) is 0 Å². The van der Waals surface area contributed by atoms with Crippen LogP contribution in [-0.2, 0) is 9.47 Å². The lowest BCUT2D eigenvalue weighted by atomic mass is 10.8. The van der Waals surface area contributed by atoms with Crippen LogP contribution >= 0.6 is 0 Å². The minimum atomic E-state index is -0.281. The van der Waals surface area contributed by atoms with Crippen LogP contribution in [0.15, 0.2) is 0 Å². The maximum Gasteiger partial charge on any atom is 0.318 e. The smallest absolute Gasteiger partial charge is 0.318 e. The highest BCUT2D eigenvalue weighted by Crippen LogP contribution is 1.71. The lowest BCUT2D eigenvalue weighted by Crippen LogP contribution is -2.37. The van der Waals surface area contributed by atoms with Crippen molar-refractivity contribution >= 4 is 6.03 Å². The summed E-state index contributed by atoms with van der Waals surface area (Å²) < 4.78 is 9.80. The minimum Gasteiger partial charge on any atom is -0.361 e. The summed E-state index contributed by atoms with van der Waals surface area (Å²) in [6.07, 6.45) is 0. The maximum absolute atomic E-state index is 10.8. The van der Waals surface area contributed by atoms with Gasteiger partial charge in [-0.15, -0.1) is 0 Å². The van der Waals surface area contributed by atoms with Crippen molar-refractivity contribution in [3.8, 4) is 0 Å². The lowest BCUT2D eigenvalue weighted by molar-refractivity contribution is 0.116. The maximum atomic E-state index is 10.8. The summed E-state index contributed by atoms with van der Waals surface area (Å²) >= 11 is 0. The topological polar surface area (TPSA) is 59.6 Å². The van der Waals surface area contributed by atoms with Gasteiger partial charge in [0.2, 0.25) is 0 Å². The Labute approximate surface area is 146 Å². The van der Waals surface area contributed by atoms with E-state index in [0.29, 0.717) is 13.2 Å². The summed E-state index contributed by atoms with van der Waals surface area (Å²) in [5, 5.41) is 4.98. The molecule has 0 saturated heterocycles. The molecule has 0 saturated carbocycles. The van der Waals surface area contributed by atoms with E-state index < -0.39 is 0 Å². The van der Waals surface area contributed by atoms with E-state index in [2.05, 4.69) is 10.6 Å². The van der Waals surface area contributed by atoms with Crippen molar-refractivity contribution in [2.75, 3.05) is 26.7 Å². The van der Waals surface area contributed by atoms with Crippen LogP contribution in [0.25, 0.3) is 0 Å². The molecule has 0 heterocycles. The van der Waals surface area contributed by atoms with Crippen molar-refractivity contribution in [1.29, 1.82) is 0 Å². The van der Waals surface area contributed by atoms with Gasteiger partial charge in [-0.1, -0.05) is 74.3 Å². The summed E-state index contributed by atoms with van der Waals surface area (Å²) in [7, 11) is 0. The van der Waals surface area contributed by atoms with Crippen molar-refractivity contribution in [2.45, 2.75) is 88.1 Å². The molecule has 0 aliphatic rings. The Morgan fingerprint density at radius 1 is 0.636 bits per heavy atom. The molecule has 22 heavy (non-hydrogen) atoms. The molecule has 0 fully saturated rings. The Kier molecular flexibility index (Phi) is 271. The molecule has 0 rings (SSSR count). The molecule has 0 atom stereocenters. The average Bonchev–Trinajstić information content (AvgIpc) is 2.06. The number of hydrogen-bond acceptors (Lipinski definition) is 3. The van der Waals surface area contributed by atoms with Gasteiger partial charge in [-0.25, -0.2) is 4.79 Å². The van der Waals surface area contributed by atoms with Gasteiger partial charge in [-0.05, 0) is 13.8 Å². The summed E-state index contributed by atoms with van der Waals surface area (Å²) in [4.78, 5) is 10.8. The third-order valence-corrected chi connectivity index (χ3v) is 1.08. The summed E-state index contributed by atoms with van der Waals surface area (Å²) in [6.45, 7) is 5.36. The first kappa shape index (κ1) is 83.2. The van der Waals surface area contributed by atoms with E-state index in [0.717, 1.165) is 0 Å². The van der Waals surface area contributed by atoms with Crippen LogP contribution in [-0.4, -0.2) is 32.7 Å². The van der Waals surface area contributed by atoms with Gasteiger partial charge in [0.1, 0.15) is 13.5 Å². The third kappa shape index (κ3) is 75.2. The molecule has 5 nitrogen and oxygen atoms in total. The molecule has 0 aliphatic carbocycles. The summed E-state index contributed by atoms with van der Waals surface area (Å²) in [6, 6.07) is -0.281. The van der Waals surface area contributed by atoms with Gasteiger partial charge < -0.3 is 20.1 Å². The number of rotatable bonds is 6. The Bertz CT molecular complexity index is 112. The van der Waals surface area contributed by atoms with Crippen LogP contribution in [0.3, 0.4) is 0 Å². The fourth-order valence-corrected chi connectivity index (χ4v) is 0.500. The fourth-order valence-electron chi connectivity index (χ4n) is 0.500. The largest absolute Gasteiger partial charge is 0.361 e.